The summed E-state index contributed by atoms with van der Waals surface area (Å²) in [5.41, 5.74) is 3.23. The Morgan fingerprint density at radius 3 is 2.33 bits per heavy atom. The van der Waals surface area contributed by atoms with E-state index in [0.29, 0.717) is 23.4 Å². The standard InChI is InChI=1S/C27H35N3O3/c1-5-7-8-9-10-14-17-29-26(31)22(19-28)18-24-20(3)30(23-15-12-11-13-16-23)21(4)25(24)27(32)33-6-2/h11-13,15-16,18H,5-10,14,17H2,1-4H3,(H,29,31)/b22-18+. The predicted octanol–water partition coefficient (Wildman–Crippen LogP) is 5.65. The van der Waals surface area contributed by atoms with Gasteiger partial charge in [0.25, 0.3) is 5.91 Å². The lowest BCUT2D eigenvalue weighted by Gasteiger charge is -2.09. The van der Waals surface area contributed by atoms with Gasteiger partial charge < -0.3 is 14.6 Å². The van der Waals surface area contributed by atoms with Crippen molar-refractivity contribution in [2.75, 3.05) is 13.2 Å². The van der Waals surface area contributed by atoms with Crippen molar-refractivity contribution >= 4 is 18.0 Å². The second-order valence-corrected chi connectivity index (χ2v) is 8.04. The minimum absolute atomic E-state index is 0.0279. The normalized spacial score (nSPS) is 11.2. The summed E-state index contributed by atoms with van der Waals surface area (Å²) in [6, 6.07) is 11.7. The molecular formula is C27H35N3O3. The average Bonchev–Trinajstić information content (AvgIpc) is 3.06. The van der Waals surface area contributed by atoms with E-state index in [-0.39, 0.29) is 12.2 Å². The number of ether oxygens (including phenoxy) is 1. The van der Waals surface area contributed by atoms with Gasteiger partial charge in [-0.25, -0.2) is 4.79 Å². The van der Waals surface area contributed by atoms with Crippen molar-refractivity contribution in [2.45, 2.75) is 66.2 Å². The Bertz CT molecular complexity index is 1010. The Hall–Kier alpha value is -3.33. The molecule has 1 aromatic carbocycles. The summed E-state index contributed by atoms with van der Waals surface area (Å²) >= 11 is 0. The number of benzene rings is 1. The molecule has 1 heterocycles. The number of hydrogen-bond acceptors (Lipinski definition) is 4. The van der Waals surface area contributed by atoms with Crippen molar-refractivity contribution < 1.29 is 14.3 Å². The van der Waals surface area contributed by atoms with Gasteiger partial charge in [0.15, 0.2) is 0 Å². The van der Waals surface area contributed by atoms with Crippen LogP contribution in [0.2, 0.25) is 0 Å². The lowest BCUT2D eigenvalue weighted by Crippen LogP contribution is -2.25. The Balaban J connectivity index is 2.31. The third-order valence-electron chi connectivity index (χ3n) is 5.66. The number of unbranched alkanes of at least 4 members (excludes halogenated alkanes) is 5. The molecule has 33 heavy (non-hydrogen) atoms. The summed E-state index contributed by atoms with van der Waals surface area (Å²) in [6.45, 7) is 8.41. The molecule has 0 spiro atoms. The average molecular weight is 450 g/mol. The zero-order valence-corrected chi connectivity index (χ0v) is 20.2. The minimum atomic E-state index is -0.469. The highest BCUT2D eigenvalue weighted by Crippen LogP contribution is 2.29. The van der Waals surface area contributed by atoms with Gasteiger partial charge in [-0.15, -0.1) is 0 Å². The van der Waals surface area contributed by atoms with Gasteiger partial charge in [0, 0.05) is 29.2 Å². The van der Waals surface area contributed by atoms with Crippen molar-refractivity contribution in [2.24, 2.45) is 0 Å². The van der Waals surface area contributed by atoms with Crippen LogP contribution in [-0.4, -0.2) is 29.6 Å². The van der Waals surface area contributed by atoms with Crippen LogP contribution >= 0.6 is 0 Å². The molecular weight excluding hydrogens is 414 g/mol. The Morgan fingerprint density at radius 1 is 1.03 bits per heavy atom. The van der Waals surface area contributed by atoms with Crippen LogP contribution in [0.5, 0.6) is 0 Å². The molecule has 2 rings (SSSR count). The highest BCUT2D eigenvalue weighted by molar-refractivity contribution is 6.04. The van der Waals surface area contributed by atoms with Crippen LogP contribution < -0.4 is 5.32 Å². The van der Waals surface area contributed by atoms with E-state index in [1.807, 2.05) is 54.8 Å². The first-order chi connectivity index (χ1) is 16.0. The van der Waals surface area contributed by atoms with Gasteiger partial charge in [-0.2, -0.15) is 5.26 Å². The molecule has 0 unspecified atom stereocenters. The van der Waals surface area contributed by atoms with Crippen molar-refractivity contribution in [3.05, 3.63) is 58.4 Å². The molecule has 0 aliphatic carbocycles. The summed E-state index contributed by atoms with van der Waals surface area (Å²) in [6.07, 6.45) is 8.23. The number of amides is 1. The van der Waals surface area contributed by atoms with E-state index in [4.69, 9.17) is 4.74 Å². The minimum Gasteiger partial charge on any atom is -0.462 e. The number of rotatable bonds is 12. The van der Waals surface area contributed by atoms with Gasteiger partial charge in [0.05, 0.1) is 12.2 Å². The van der Waals surface area contributed by atoms with E-state index < -0.39 is 11.9 Å². The molecule has 0 aliphatic rings. The Labute approximate surface area is 197 Å². The number of nitrogens with zero attached hydrogens (tertiary/aromatic N) is 2. The first-order valence-electron chi connectivity index (χ1n) is 11.8. The van der Waals surface area contributed by atoms with Gasteiger partial charge >= 0.3 is 5.97 Å². The molecule has 0 fully saturated rings. The van der Waals surface area contributed by atoms with Crippen molar-refractivity contribution in [3.63, 3.8) is 0 Å². The topological polar surface area (TPSA) is 84.1 Å². The molecule has 1 amide bonds. The van der Waals surface area contributed by atoms with Crippen LogP contribution in [0.4, 0.5) is 0 Å². The monoisotopic (exact) mass is 449 g/mol. The maximum Gasteiger partial charge on any atom is 0.340 e. The third-order valence-corrected chi connectivity index (χ3v) is 5.66. The quantitative estimate of drug-likeness (QED) is 0.196. The molecule has 6 nitrogen and oxygen atoms in total. The first kappa shape index (κ1) is 25.9. The lowest BCUT2D eigenvalue weighted by atomic mass is 10.1. The lowest BCUT2D eigenvalue weighted by molar-refractivity contribution is -0.117. The second kappa shape index (κ2) is 13.3. The molecule has 176 valence electrons. The van der Waals surface area contributed by atoms with E-state index >= 15 is 0 Å². The summed E-state index contributed by atoms with van der Waals surface area (Å²) in [5, 5.41) is 12.5. The number of para-hydroxylation sites is 1. The number of aromatic nitrogens is 1. The summed E-state index contributed by atoms with van der Waals surface area (Å²) in [4.78, 5) is 25.5. The fourth-order valence-electron chi connectivity index (χ4n) is 3.96. The van der Waals surface area contributed by atoms with Crippen molar-refractivity contribution in [1.29, 1.82) is 5.26 Å². The van der Waals surface area contributed by atoms with Gasteiger partial charge in [-0.1, -0.05) is 57.2 Å². The second-order valence-electron chi connectivity index (χ2n) is 8.04. The molecule has 6 heteroatoms. The molecule has 0 saturated heterocycles. The van der Waals surface area contributed by atoms with E-state index in [1.165, 1.54) is 25.3 Å². The SMILES string of the molecule is CCCCCCCCNC(=O)/C(C#N)=C/c1c(C(=O)OCC)c(C)n(-c2ccccc2)c1C. The number of carbonyl (C=O) groups is 2. The van der Waals surface area contributed by atoms with Crippen LogP contribution in [0.1, 0.15) is 79.7 Å². The maximum atomic E-state index is 12.8. The van der Waals surface area contributed by atoms with E-state index in [2.05, 4.69) is 12.2 Å². The summed E-state index contributed by atoms with van der Waals surface area (Å²) in [7, 11) is 0. The van der Waals surface area contributed by atoms with E-state index in [9.17, 15) is 14.9 Å². The number of hydrogen-bond donors (Lipinski definition) is 1. The molecule has 0 aliphatic heterocycles. The van der Waals surface area contributed by atoms with Gasteiger partial charge in [0.1, 0.15) is 11.6 Å². The molecule has 0 atom stereocenters. The molecule has 2 aromatic rings. The largest absolute Gasteiger partial charge is 0.462 e. The Kier molecular flexibility index (Phi) is 10.4. The van der Waals surface area contributed by atoms with Crippen LogP contribution in [0.3, 0.4) is 0 Å². The van der Waals surface area contributed by atoms with Crippen LogP contribution in [-0.2, 0) is 9.53 Å². The number of nitrogens with one attached hydrogen (secondary N) is 1. The molecule has 0 saturated carbocycles. The smallest absolute Gasteiger partial charge is 0.340 e. The third kappa shape index (κ3) is 6.82. The zero-order chi connectivity index (χ0) is 24.2. The molecule has 0 bridgehead atoms. The predicted molar refractivity (Wildman–Crippen MR) is 131 cm³/mol. The molecule has 1 aromatic heterocycles. The van der Waals surface area contributed by atoms with Crippen LogP contribution in [0.25, 0.3) is 11.8 Å². The number of esters is 1. The van der Waals surface area contributed by atoms with Crippen LogP contribution in [0, 0.1) is 25.2 Å². The zero-order valence-electron chi connectivity index (χ0n) is 20.2. The summed E-state index contributed by atoms with van der Waals surface area (Å²) in [5.74, 6) is -0.894. The first-order valence-corrected chi connectivity index (χ1v) is 11.8. The fourth-order valence-corrected chi connectivity index (χ4v) is 3.96. The van der Waals surface area contributed by atoms with Crippen molar-refractivity contribution in [3.8, 4) is 11.8 Å². The highest BCUT2D eigenvalue weighted by Gasteiger charge is 2.25. The van der Waals surface area contributed by atoms with Gasteiger partial charge in [-0.05, 0) is 45.4 Å². The number of nitriles is 1. The van der Waals surface area contributed by atoms with Crippen LogP contribution in [0.15, 0.2) is 35.9 Å². The Morgan fingerprint density at radius 2 is 1.70 bits per heavy atom. The van der Waals surface area contributed by atoms with E-state index in [1.54, 1.807) is 6.92 Å². The van der Waals surface area contributed by atoms with E-state index in [0.717, 1.165) is 30.6 Å². The van der Waals surface area contributed by atoms with Gasteiger partial charge in [0.2, 0.25) is 0 Å². The molecule has 0 radical (unpaired) electrons. The fraction of sp³-hybridized carbons (Fsp3) is 0.444. The number of carbonyl (C=O) groups excluding carboxylic acids is 2. The maximum absolute atomic E-state index is 12.8. The summed E-state index contributed by atoms with van der Waals surface area (Å²) < 4.78 is 7.23. The van der Waals surface area contributed by atoms with Gasteiger partial charge in [-0.3, -0.25) is 4.79 Å². The highest BCUT2D eigenvalue weighted by atomic mass is 16.5. The molecule has 1 N–H and O–H groups in total. The van der Waals surface area contributed by atoms with Crippen molar-refractivity contribution in [1.82, 2.24) is 9.88 Å².